The Morgan fingerprint density at radius 1 is 1.15 bits per heavy atom. The molecule has 1 aromatic rings. The lowest BCUT2D eigenvalue weighted by Gasteiger charge is -2.34. The van der Waals surface area contributed by atoms with Gasteiger partial charge in [0.25, 0.3) is 0 Å². The van der Waals surface area contributed by atoms with Crippen LogP contribution >= 0.6 is 0 Å². The summed E-state index contributed by atoms with van der Waals surface area (Å²) >= 11 is 0. The van der Waals surface area contributed by atoms with E-state index in [0.717, 1.165) is 0 Å². The lowest BCUT2D eigenvalue weighted by molar-refractivity contribution is 0.232. The monoisotopic (exact) mass is 274 g/mol. The van der Waals surface area contributed by atoms with Crippen LogP contribution in [0.15, 0.2) is 30.3 Å². The zero-order valence-electron chi connectivity index (χ0n) is 13.7. The van der Waals surface area contributed by atoms with Gasteiger partial charge < -0.3 is 5.32 Å². The van der Waals surface area contributed by atoms with Crippen molar-refractivity contribution < 1.29 is 0 Å². The molecule has 1 heterocycles. The van der Waals surface area contributed by atoms with E-state index in [1.165, 1.54) is 25.1 Å². The molecule has 112 valence electrons. The summed E-state index contributed by atoms with van der Waals surface area (Å²) in [5.41, 5.74) is 1.63. The molecule has 2 atom stereocenters. The van der Waals surface area contributed by atoms with Crippen LogP contribution < -0.4 is 5.32 Å². The van der Waals surface area contributed by atoms with Gasteiger partial charge in [0, 0.05) is 24.7 Å². The van der Waals surface area contributed by atoms with Gasteiger partial charge in [0.15, 0.2) is 0 Å². The van der Waals surface area contributed by atoms with E-state index in [4.69, 9.17) is 0 Å². The van der Waals surface area contributed by atoms with Crippen molar-refractivity contribution >= 4 is 0 Å². The molecular weight excluding hydrogens is 244 g/mol. The number of rotatable bonds is 4. The highest BCUT2D eigenvalue weighted by Crippen LogP contribution is 2.33. The molecule has 1 saturated heterocycles. The molecule has 1 N–H and O–H groups in total. The van der Waals surface area contributed by atoms with Crippen LogP contribution in [-0.4, -0.2) is 30.1 Å². The second-order valence-corrected chi connectivity index (χ2v) is 7.45. The fourth-order valence-corrected chi connectivity index (χ4v) is 3.12. The van der Waals surface area contributed by atoms with Crippen molar-refractivity contribution in [3.05, 3.63) is 35.9 Å². The maximum Gasteiger partial charge on any atom is 0.0371 e. The standard InChI is InChI=1S/C18H30N2/c1-14(2)20-12-11-16(13-20)19-17(18(3,4)5)15-9-7-6-8-10-15/h6-10,14,16-17,19H,11-13H2,1-5H3. The average molecular weight is 274 g/mol. The summed E-state index contributed by atoms with van der Waals surface area (Å²) < 4.78 is 0. The Balaban J connectivity index is 2.07. The summed E-state index contributed by atoms with van der Waals surface area (Å²) in [6.45, 7) is 14.0. The average Bonchev–Trinajstić information content (AvgIpc) is 2.84. The molecule has 2 unspecified atom stereocenters. The number of nitrogens with zero attached hydrogens (tertiary/aromatic N) is 1. The molecule has 0 radical (unpaired) electrons. The van der Waals surface area contributed by atoms with Crippen molar-refractivity contribution in [2.45, 2.75) is 59.2 Å². The Labute approximate surface area is 124 Å². The van der Waals surface area contributed by atoms with Crippen LogP contribution in [0.5, 0.6) is 0 Å². The lowest BCUT2D eigenvalue weighted by Crippen LogP contribution is -2.41. The van der Waals surface area contributed by atoms with Gasteiger partial charge >= 0.3 is 0 Å². The summed E-state index contributed by atoms with van der Waals surface area (Å²) in [7, 11) is 0. The maximum atomic E-state index is 3.92. The fraction of sp³-hybridized carbons (Fsp3) is 0.667. The van der Waals surface area contributed by atoms with Gasteiger partial charge in [0.2, 0.25) is 0 Å². The van der Waals surface area contributed by atoms with E-state index in [-0.39, 0.29) is 5.41 Å². The van der Waals surface area contributed by atoms with Crippen LogP contribution in [0.4, 0.5) is 0 Å². The smallest absolute Gasteiger partial charge is 0.0371 e. The molecule has 1 fully saturated rings. The Kier molecular flexibility index (Phi) is 4.87. The first kappa shape index (κ1) is 15.5. The molecule has 0 bridgehead atoms. The Morgan fingerprint density at radius 2 is 1.80 bits per heavy atom. The van der Waals surface area contributed by atoms with E-state index < -0.39 is 0 Å². The SMILES string of the molecule is CC(C)N1CCC(NC(c2ccccc2)C(C)(C)C)C1. The number of nitrogens with one attached hydrogen (secondary N) is 1. The van der Waals surface area contributed by atoms with Gasteiger partial charge in [-0.1, -0.05) is 51.1 Å². The molecule has 0 saturated carbocycles. The minimum atomic E-state index is 0.229. The minimum absolute atomic E-state index is 0.229. The molecule has 2 heteroatoms. The summed E-state index contributed by atoms with van der Waals surface area (Å²) in [5, 5.41) is 3.92. The highest BCUT2D eigenvalue weighted by molar-refractivity contribution is 5.21. The van der Waals surface area contributed by atoms with Gasteiger partial charge in [-0.05, 0) is 37.8 Å². The van der Waals surface area contributed by atoms with Crippen molar-refractivity contribution in [2.24, 2.45) is 5.41 Å². The summed E-state index contributed by atoms with van der Waals surface area (Å²) in [5.74, 6) is 0. The fourth-order valence-electron chi connectivity index (χ4n) is 3.12. The number of likely N-dealkylation sites (tertiary alicyclic amines) is 1. The lowest BCUT2D eigenvalue weighted by atomic mass is 9.82. The summed E-state index contributed by atoms with van der Waals surface area (Å²) in [6.07, 6.45) is 1.26. The second-order valence-electron chi connectivity index (χ2n) is 7.45. The van der Waals surface area contributed by atoms with Gasteiger partial charge in [0.1, 0.15) is 0 Å². The molecule has 1 aliphatic heterocycles. The van der Waals surface area contributed by atoms with Crippen molar-refractivity contribution in [1.82, 2.24) is 10.2 Å². The van der Waals surface area contributed by atoms with Gasteiger partial charge in [-0.15, -0.1) is 0 Å². The predicted octanol–water partition coefficient (Wildman–Crippen LogP) is 3.85. The highest BCUT2D eigenvalue weighted by atomic mass is 15.2. The molecule has 0 spiro atoms. The van der Waals surface area contributed by atoms with Crippen LogP contribution in [-0.2, 0) is 0 Å². The molecule has 0 amide bonds. The third-order valence-corrected chi connectivity index (χ3v) is 4.35. The highest BCUT2D eigenvalue weighted by Gasteiger charge is 2.31. The van der Waals surface area contributed by atoms with Crippen LogP contribution in [0.2, 0.25) is 0 Å². The van der Waals surface area contributed by atoms with Crippen molar-refractivity contribution in [1.29, 1.82) is 0 Å². The third-order valence-electron chi connectivity index (χ3n) is 4.35. The zero-order chi connectivity index (χ0) is 14.8. The molecule has 2 nitrogen and oxygen atoms in total. The van der Waals surface area contributed by atoms with E-state index in [1.54, 1.807) is 0 Å². The third kappa shape index (κ3) is 3.83. The number of hydrogen-bond donors (Lipinski definition) is 1. The topological polar surface area (TPSA) is 15.3 Å². The molecular formula is C18H30N2. The molecule has 1 aliphatic rings. The Bertz CT molecular complexity index is 405. The first-order valence-electron chi connectivity index (χ1n) is 7.93. The summed E-state index contributed by atoms with van der Waals surface area (Å²) in [6, 6.07) is 12.6. The van der Waals surface area contributed by atoms with Gasteiger partial charge in [-0.3, -0.25) is 4.90 Å². The number of hydrogen-bond acceptors (Lipinski definition) is 2. The number of benzene rings is 1. The van der Waals surface area contributed by atoms with Gasteiger partial charge in [0.05, 0.1) is 0 Å². The minimum Gasteiger partial charge on any atom is -0.305 e. The molecule has 2 rings (SSSR count). The Hall–Kier alpha value is -0.860. The molecule has 0 aliphatic carbocycles. The van der Waals surface area contributed by atoms with Crippen molar-refractivity contribution in [3.63, 3.8) is 0 Å². The van der Waals surface area contributed by atoms with Crippen molar-refractivity contribution in [2.75, 3.05) is 13.1 Å². The maximum absolute atomic E-state index is 3.92. The first-order valence-corrected chi connectivity index (χ1v) is 7.93. The van der Waals surface area contributed by atoms with Crippen LogP contribution in [0.25, 0.3) is 0 Å². The molecule has 0 aromatic heterocycles. The normalized spacial score (nSPS) is 22.4. The second kappa shape index (κ2) is 6.28. The predicted molar refractivity (Wildman–Crippen MR) is 86.9 cm³/mol. The van der Waals surface area contributed by atoms with E-state index in [1.807, 2.05) is 0 Å². The van der Waals surface area contributed by atoms with E-state index in [2.05, 4.69) is 75.2 Å². The van der Waals surface area contributed by atoms with Crippen LogP contribution in [0.3, 0.4) is 0 Å². The van der Waals surface area contributed by atoms with Crippen molar-refractivity contribution in [3.8, 4) is 0 Å². The van der Waals surface area contributed by atoms with Gasteiger partial charge in [-0.25, -0.2) is 0 Å². The largest absolute Gasteiger partial charge is 0.305 e. The zero-order valence-corrected chi connectivity index (χ0v) is 13.7. The van der Waals surface area contributed by atoms with Crippen LogP contribution in [0, 0.1) is 5.41 Å². The molecule has 20 heavy (non-hydrogen) atoms. The summed E-state index contributed by atoms with van der Waals surface area (Å²) in [4.78, 5) is 2.57. The van der Waals surface area contributed by atoms with Crippen LogP contribution in [0.1, 0.15) is 52.6 Å². The van der Waals surface area contributed by atoms with E-state index in [0.29, 0.717) is 18.1 Å². The first-order chi connectivity index (χ1) is 9.38. The molecule has 1 aromatic carbocycles. The Morgan fingerprint density at radius 3 is 2.30 bits per heavy atom. The quantitative estimate of drug-likeness (QED) is 0.897. The van der Waals surface area contributed by atoms with Gasteiger partial charge in [-0.2, -0.15) is 0 Å². The van der Waals surface area contributed by atoms with E-state index in [9.17, 15) is 0 Å². The van der Waals surface area contributed by atoms with E-state index >= 15 is 0 Å².